The van der Waals surface area contributed by atoms with Gasteiger partial charge in [-0.3, -0.25) is 9.77 Å². The van der Waals surface area contributed by atoms with Crippen molar-refractivity contribution in [2.75, 3.05) is 0 Å². The molecule has 5 nitrogen and oxygen atoms in total. The summed E-state index contributed by atoms with van der Waals surface area (Å²) in [6.07, 6.45) is 0. The van der Waals surface area contributed by atoms with Gasteiger partial charge in [0, 0.05) is 16.6 Å². The molecule has 7 heteroatoms. The minimum absolute atomic E-state index is 0.103. The first-order chi connectivity index (χ1) is 8.31. The Morgan fingerprint density at radius 2 is 1.37 bits per heavy atom. The van der Waals surface area contributed by atoms with Crippen LogP contribution in [0.25, 0.3) is 0 Å². The fourth-order valence-corrected chi connectivity index (χ4v) is 6.61. The molecule has 1 saturated heterocycles. The molecule has 0 aromatic heterocycles. The molecular weight excluding hydrogens is 270 g/mol. The lowest BCUT2D eigenvalue weighted by Gasteiger charge is -2.54. The zero-order valence-corrected chi connectivity index (χ0v) is 17.1. The zero-order valence-electron chi connectivity index (χ0n) is 14.3. The van der Waals surface area contributed by atoms with Crippen molar-refractivity contribution < 1.29 is 0 Å². The maximum absolute atomic E-state index is 3.71. The second-order valence-electron chi connectivity index (χ2n) is 8.39. The highest BCUT2D eigenvalue weighted by molar-refractivity contribution is 6.38. The highest BCUT2D eigenvalue weighted by atomic mass is 28.2. The van der Waals surface area contributed by atoms with E-state index in [0.29, 0.717) is 0 Å². The van der Waals surface area contributed by atoms with E-state index in [1.807, 2.05) is 0 Å². The lowest BCUT2D eigenvalue weighted by atomic mass is 10.1. The molecule has 2 N–H and O–H groups in total. The lowest BCUT2D eigenvalue weighted by Crippen LogP contribution is -2.77. The third-order valence-corrected chi connectivity index (χ3v) is 8.21. The van der Waals surface area contributed by atoms with Gasteiger partial charge < -0.3 is 0 Å². The highest BCUT2D eigenvalue weighted by Crippen LogP contribution is 2.20. The van der Waals surface area contributed by atoms with Gasteiger partial charge in [-0.05, 0) is 62.3 Å². The van der Waals surface area contributed by atoms with Gasteiger partial charge in [-0.15, -0.1) is 0 Å². The Bertz CT molecular complexity index is 303. The molecular formula is C12H33N5Si2. The molecule has 0 aromatic carbocycles. The molecule has 0 aromatic rings. The van der Waals surface area contributed by atoms with E-state index in [1.54, 1.807) is 0 Å². The summed E-state index contributed by atoms with van der Waals surface area (Å²) in [5.74, 6) is 0. The van der Waals surface area contributed by atoms with Crippen LogP contribution in [0.2, 0.25) is 0 Å². The summed E-state index contributed by atoms with van der Waals surface area (Å²) in [7, 11) is -1.09. The van der Waals surface area contributed by atoms with Crippen LogP contribution in [0.3, 0.4) is 0 Å². The van der Waals surface area contributed by atoms with Crippen molar-refractivity contribution in [2.45, 2.75) is 78.9 Å². The summed E-state index contributed by atoms with van der Waals surface area (Å²) in [4.78, 5) is 2.44. The molecule has 1 rings (SSSR count). The second kappa shape index (κ2) is 5.55. The number of hydrogen-bond acceptors (Lipinski definition) is 5. The molecule has 0 saturated carbocycles. The van der Waals surface area contributed by atoms with Crippen molar-refractivity contribution in [2.24, 2.45) is 0 Å². The lowest BCUT2D eigenvalue weighted by molar-refractivity contribution is -0.0317. The summed E-state index contributed by atoms with van der Waals surface area (Å²) >= 11 is 0. The fraction of sp³-hybridized carbons (Fsp3) is 1.00. The van der Waals surface area contributed by atoms with E-state index in [2.05, 4.69) is 87.0 Å². The highest BCUT2D eigenvalue weighted by Gasteiger charge is 2.37. The van der Waals surface area contributed by atoms with Crippen molar-refractivity contribution in [1.29, 1.82) is 0 Å². The van der Waals surface area contributed by atoms with Crippen molar-refractivity contribution in [3.8, 4) is 0 Å². The van der Waals surface area contributed by atoms with Crippen LogP contribution in [-0.2, 0) is 0 Å². The quantitative estimate of drug-likeness (QED) is 0.678. The van der Waals surface area contributed by atoms with Crippen LogP contribution < -0.4 is 10.5 Å². The van der Waals surface area contributed by atoms with Crippen molar-refractivity contribution in [3.63, 3.8) is 0 Å². The van der Waals surface area contributed by atoms with Gasteiger partial charge in [0.15, 0.2) is 0 Å². The van der Waals surface area contributed by atoms with E-state index in [1.165, 1.54) is 0 Å². The Kier molecular flexibility index (Phi) is 5.05. The summed E-state index contributed by atoms with van der Waals surface area (Å²) in [6.45, 7) is 20.4. The Labute approximate surface area is 124 Å². The number of hydrazine groups is 3. The fourth-order valence-electron chi connectivity index (χ4n) is 2.03. The van der Waals surface area contributed by atoms with Crippen LogP contribution in [0.1, 0.15) is 62.3 Å². The van der Waals surface area contributed by atoms with Crippen LogP contribution in [0.5, 0.6) is 0 Å². The first kappa shape index (κ1) is 17.3. The zero-order chi connectivity index (χ0) is 15.1. The third kappa shape index (κ3) is 5.26. The van der Waals surface area contributed by atoms with E-state index < -0.39 is 19.7 Å². The van der Waals surface area contributed by atoms with Crippen LogP contribution in [0.15, 0.2) is 0 Å². The number of hydrogen-bond donors (Lipinski definition) is 2. The number of nitrogens with zero attached hydrogens (tertiary/aromatic N) is 3. The van der Waals surface area contributed by atoms with Crippen LogP contribution >= 0.6 is 0 Å². The average Bonchev–Trinajstić information content (AvgIpc) is 2.11. The van der Waals surface area contributed by atoms with E-state index in [-0.39, 0.29) is 16.6 Å². The predicted octanol–water partition coefficient (Wildman–Crippen LogP) is 0.223. The van der Waals surface area contributed by atoms with E-state index in [9.17, 15) is 0 Å². The van der Waals surface area contributed by atoms with Crippen molar-refractivity contribution >= 4 is 19.7 Å². The topological polar surface area (TPSA) is 33.8 Å². The van der Waals surface area contributed by atoms with Gasteiger partial charge in [0.2, 0.25) is 19.7 Å². The van der Waals surface area contributed by atoms with Crippen LogP contribution in [0.4, 0.5) is 0 Å². The Morgan fingerprint density at radius 1 is 0.842 bits per heavy atom. The molecule has 0 radical (unpaired) electrons. The van der Waals surface area contributed by atoms with Crippen LogP contribution in [0, 0.1) is 0 Å². The normalized spacial score (nSPS) is 24.5. The van der Waals surface area contributed by atoms with Gasteiger partial charge in [0.05, 0.1) is 0 Å². The molecule has 1 fully saturated rings. The summed E-state index contributed by atoms with van der Waals surface area (Å²) in [5.41, 5.74) is 4.16. The van der Waals surface area contributed by atoms with Crippen molar-refractivity contribution in [1.82, 2.24) is 24.6 Å². The average molecular weight is 304 g/mol. The Hall–Kier alpha value is 0.234. The Morgan fingerprint density at radius 3 is 1.74 bits per heavy atom. The molecule has 1 aliphatic rings. The number of rotatable bonds is 1. The van der Waals surface area contributed by atoms with Gasteiger partial charge in [0.25, 0.3) is 0 Å². The number of nitrogens with one attached hydrogen (secondary N) is 2. The smallest absolute Gasteiger partial charge is 0.221 e. The van der Waals surface area contributed by atoms with Crippen LogP contribution in [-0.4, -0.2) is 50.4 Å². The minimum Gasteiger partial charge on any atom is -0.271 e. The van der Waals surface area contributed by atoms with Gasteiger partial charge in [-0.25, -0.2) is 10.1 Å². The van der Waals surface area contributed by atoms with Gasteiger partial charge in [0.1, 0.15) is 0 Å². The van der Waals surface area contributed by atoms with E-state index >= 15 is 0 Å². The molecule has 0 bridgehead atoms. The van der Waals surface area contributed by atoms with Crippen molar-refractivity contribution in [3.05, 3.63) is 0 Å². The van der Waals surface area contributed by atoms with E-state index in [4.69, 9.17) is 0 Å². The summed E-state index contributed by atoms with van der Waals surface area (Å²) in [6, 6.07) is 0. The molecule has 114 valence electrons. The molecule has 0 atom stereocenters. The first-order valence-electron chi connectivity index (χ1n) is 7.15. The molecule has 19 heavy (non-hydrogen) atoms. The molecule has 0 spiro atoms. The maximum atomic E-state index is 3.71. The summed E-state index contributed by atoms with van der Waals surface area (Å²) < 4.78 is 5.01. The molecule has 0 unspecified atom stereocenters. The predicted molar refractivity (Wildman–Crippen MR) is 88.1 cm³/mol. The summed E-state index contributed by atoms with van der Waals surface area (Å²) in [5, 5.41) is 3.71. The minimum atomic E-state index is -0.570. The second-order valence-corrected chi connectivity index (χ2v) is 11.1. The largest absolute Gasteiger partial charge is 0.271 e. The monoisotopic (exact) mass is 303 g/mol. The van der Waals surface area contributed by atoms with Gasteiger partial charge in [-0.1, -0.05) is 0 Å². The SMILES string of the molecule is CC(C)(C)NN1[SiH2]N(C(C)(C)C)N[SiH2]N1C(C)(C)C. The third-order valence-electron chi connectivity index (χ3n) is 3.03. The molecule has 0 amide bonds. The molecule has 1 aliphatic heterocycles. The van der Waals surface area contributed by atoms with E-state index in [0.717, 1.165) is 0 Å². The first-order valence-corrected chi connectivity index (χ1v) is 9.75. The molecule has 0 aliphatic carbocycles. The van der Waals surface area contributed by atoms with Gasteiger partial charge >= 0.3 is 0 Å². The molecule has 1 heterocycles. The van der Waals surface area contributed by atoms with Gasteiger partial charge in [-0.2, -0.15) is 4.78 Å². The maximum Gasteiger partial charge on any atom is 0.221 e. The Balaban J connectivity index is 2.87. The standard InChI is InChI=1S/C12H33N5Si2/c1-10(2,3)13-17-16(12(7,8)9)18-14-15(19-17)11(4,5)6/h13-14H,18-19H2,1-9H3.